The van der Waals surface area contributed by atoms with Crippen LogP contribution in [0.2, 0.25) is 0 Å². The second kappa shape index (κ2) is 6.86. The first-order valence-corrected chi connectivity index (χ1v) is 10.3. The molecule has 0 heterocycles. The summed E-state index contributed by atoms with van der Waals surface area (Å²) < 4.78 is 13.7. The van der Waals surface area contributed by atoms with Gasteiger partial charge in [0, 0.05) is 11.7 Å². The average molecular weight is 359 g/mol. The van der Waals surface area contributed by atoms with Gasteiger partial charge in [0.25, 0.3) is 0 Å². The molecule has 26 heavy (non-hydrogen) atoms. The zero-order valence-electron chi connectivity index (χ0n) is 16.0. The zero-order valence-corrected chi connectivity index (χ0v) is 16.0. The van der Waals surface area contributed by atoms with Crippen molar-refractivity contribution < 1.29 is 9.18 Å². The molecule has 0 spiro atoms. The van der Waals surface area contributed by atoms with Gasteiger partial charge in [0.05, 0.1) is 0 Å². The Morgan fingerprint density at radius 2 is 1.81 bits per heavy atom. The molecule has 142 valence electrons. The van der Waals surface area contributed by atoms with Crippen molar-refractivity contribution in [2.45, 2.75) is 71.3 Å². The Bertz CT molecular complexity index is 651. The third-order valence-electron chi connectivity index (χ3n) is 7.14. The van der Waals surface area contributed by atoms with Gasteiger partial charge in [-0.2, -0.15) is 0 Å². The van der Waals surface area contributed by atoms with Crippen molar-refractivity contribution in [3.8, 4) is 0 Å². The fraction of sp³-hybridized carbons (Fsp3) is 0.682. The number of aryl methyl sites for hydroxylation is 1. The maximum atomic E-state index is 13.7. The van der Waals surface area contributed by atoms with Gasteiger partial charge >= 0.3 is 6.03 Å². The van der Waals surface area contributed by atoms with Crippen LogP contribution in [0.4, 0.5) is 14.9 Å². The minimum Gasteiger partial charge on any atom is -0.335 e. The maximum absolute atomic E-state index is 13.7. The number of nitrogens with one attached hydrogen (secondary N) is 2. The number of amides is 2. The molecule has 0 aliphatic heterocycles. The summed E-state index contributed by atoms with van der Waals surface area (Å²) in [5.41, 5.74) is 1.40. The molecule has 3 nitrogen and oxygen atoms in total. The number of hydrogen-bond acceptors (Lipinski definition) is 1. The second-order valence-corrected chi connectivity index (χ2v) is 9.18. The van der Waals surface area contributed by atoms with Crippen LogP contribution in [0.25, 0.3) is 0 Å². The van der Waals surface area contributed by atoms with E-state index in [0.717, 1.165) is 30.6 Å². The highest BCUT2D eigenvalue weighted by Gasteiger charge is 2.54. The summed E-state index contributed by atoms with van der Waals surface area (Å²) in [5.74, 6) is 2.33. The van der Waals surface area contributed by atoms with Gasteiger partial charge < -0.3 is 10.6 Å². The molecule has 4 fully saturated rings. The molecule has 2 N–H and O–H groups in total. The van der Waals surface area contributed by atoms with Crippen LogP contribution in [-0.4, -0.2) is 12.1 Å². The molecule has 2 amide bonds. The minimum atomic E-state index is -0.283. The SMILES string of the molecule is CCC[C@H](NC(=O)Nc1ccc(C)c(F)c1)C12CC3CC(CC(C3)C1)C2. The topological polar surface area (TPSA) is 41.1 Å². The van der Waals surface area contributed by atoms with Gasteiger partial charge in [-0.3, -0.25) is 0 Å². The van der Waals surface area contributed by atoms with E-state index in [9.17, 15) is 9.18 Å². The Labute approximate surface area is 156 Å². The van der Waals surface area contributed by atoms with Gasteiger partial charge in [0.15, 0.2) is 0 Å². The molecule has 4 aliphatic rings. The molecular weight excluding hydrogens is 327 g/mol. The number of halogens is 1. The summed E-state index contributed by atoms with van der Waals surface area (Å²) in [7, 11) is 0. The molecule has 0 unspecified atom stereocenters. The van der Waals surface area contributed by atoms with E-state index in [1.54, 1.807) is 19.1 Å². The highest BCUT2D eigenvalue weighted by Crippen LogP contribution is 2.61. The second-order valence-electron chi connectivity index (χ2n) is 9.18. The number of benzene rings is 1. The lowest BCUT2D eigenvalue weighted by Gasteiger charge is -2.59. The van der Waals surface area contributed by atoms with Gasteiger partial charge in [-0.25, -0.2) is 9.18 Å². The van der Waals surface area contributed by atoms with Crippen LogP contribution in [0.15, 0.2) is 18.2 Å². The van der Waals surface area contributed by atoms with E-state index in [1.807, 2.05) is 0 Å². The zero-order chi connectivity index (χ0) is 18.3. The quantitative estimate of drug-likeness (QED) is 0.702. The Morgan fingerprint density at radius 3 is 2.35 bits per heavy atom. The van der Waals surface area contributed by atoms with E-state index in [0.29, 0.717) is 16.7 Å². The summed E-state index contributed by atoms with van der Waals surface area (Å²) in [6, 6.07) is 4.90. The Hall–Kier alpha value is -1.58. The van der Waals surface area contributed by atoms with E-state index >= 15 is 0 Å². The van der Waals surface area contributed by atoms with E-state index in [2.05, 4.69) is 17.6 Å². The third kappa shape index (κ3) is 3.35. The van der Waals surface area contributed by atoms with Crippen molar-refractivity contribution in [1.29, 1.82) is 0 Å². The van der Waals surface area contributed by atoms with Gasteiger partial charge in [-0.1, -0.05) is 19.4 Å². The number of carbonyl (C=O) groups is 1. The standard InChI is InChI=1S/C22H31FN2O/c1-3-4-20(22-11-15-7-16(12-22)9-17(8-15)13-22)25-21(26)24-18-6-5-14(2)19(23)10-18/h5-6,10,15-17,20H,3-4,7-9,11-13H2,1-2H3,(H2,24,25,26)/t15?,16?,17?,20-,22?/m0/s1. The molecule has 5 rings (SSSR count). The van der Waals surface area contributed by atoms with E-state index in [1.165, 1.54) is 44.6 Å². The number of carbonyl (C=O) groups excluding carboxylic acids is 1. The molecule has 0 aromatic heterocycles. The van der Waals surface area contributed by atoms with Crippen LogP contribution < -0.4 is 10.6 Å². The van der Waals surface area contributed by atoms with Crippen LogP contribution in [0.3, 0.4) is 0 Å². The van der Waals surface area contributed by atoms with Crippen molar-refractivity contribution in [2.75, 3.05) is 5.32 Å². The first kappa shape index (κ1) is 17.8. The van der Waals surface area contributed by atoms with Crippen LogP contribution >= 0.6 is 0 Å². The summed E-state index contributed by atoms with van der Waals surface area (Å²) in [6.07, 6.45) is 10.2. The molecule has 4 saturated carbocycles. The Morgan fingerprint density at radius 1 is 1.19 bits per heavy atom. The summed E-state index contributed by atoms with van der Waals surface area (Å²) in [4.78, 5) is 12.6. The minimum absolute atomic E-state index is 0.192. The first-order chi connectivity index (χ1) is 12.5. The van der Waals surface area contributed by atoms with E-state index in [-0.39, 0.29) is 17.9 Å². The fourth-order valence-electron chi connectivity index (χ4n) is 6.42. The third-order valence-corrected chi connectivity index (χ3v) is 7.14. The Kier molecular flexibility index (Phi) is 4.70. The van der Waals surface area contributed by atoms with Gasteiger partial charge in [-0.15, -0.1) is 0 Å². The molecule has 4 heteroatoms. The number of anilines is 1. The highest BCUT2D eigenvalue weighted by molar-refractivity contribution is 5.89. The van der Waals surface area contributed by atoms with Gasteiger partial charge in [-0.05, 0) is 92.7 Å². The van der Waals surface area contributed by atoms with Crippen molar-refractivity contribution in [1.82, 2.24) is 5.32 Å². The normalized spacial score (nSPS) is 33.1. The van der Waals surface area contributed by atoms with Crippen molar-refractivity contribution in [3.63, 3.8) is 0 Å². The predicted molar refractivity (Wildman–Crippen MR) is 103 cm³/mol. The summed E-state index contributed by atoms with van der Waals surface area (Å²) >= 11 is 0. The molecule has 1 aromatic carbocycles. The number of urea groups is 1. The molecule has 1 atom stereocenters. The van der Waals surface area contributed by atoms with Crippen LogP contribution in [0, 0.1) is 35.9 Å². The predicted octanol–water partition coefficient (Wildman–Crippen LogP) is 5.64. The number of hydrogen-bond donors (Lipinski definition) is 2. The summed E-state index contributed by atoms with van der Waals surface area (Å²) in [5, 5.41) is 6.13. The smallest absolute Gasteiger partial charge is 0.319 e. The Balaban J connectivity index is 1.46. The van der Waals surface area contributed by atoms with Gasteiger partial charge in [0.1, 0.15) is 5.82 Å². The number of rotatable bonds is 5. The highest BCUT2D eigenvalue weighted by atomic mass is 19.1. The lowest BCUT2D eigenvalue weighted by atomic mass is 9.47. The van der Waals surface area contributed by atoms with Crippen LogP contribution in [0.5, 0.6) is 0 Å². The first-order valence-electron chi connectivity index (χ1n) is 10.3. The lowest BCUT2D eigenvalue weighted by Crippen LogP contribution is -2.57. The molecule has 0 saturated heterocycles. The largest absolute Gasteiger partial charge is 0.335 e. The van der Waals surface area contributed by atoms with E-state index in [4.69, 9.17) is 0 Å². The molecular formula is C22H31FN2O. The monoisotopic (exact) mass is 358 g/mol. The molecule has 4 bridgehead atoms. The van der Waals surface area contributed by atoms with Crippen LogP contribution in [0.1, 0.15) is 63.9 Å². The van der Waals surface area contributed by atoms with Crippen molar-refractivity contribution in [2.24, 2.45) is 23.2 Å². The fourth-order valence-corrected chi connectivity index (χ4v) is 6.42. The van der Waals surface area contributed by atoms with Crippen LogP contribution in [-0.2, 0) is 0 Å². The lowest BCUT2D eigenvalue weighted by molar-refractivity contribution is -0.0727. The van der Waals surface area contributed by atoms with Crippen molar-refractivity contribution >= 4 is 11.7 Å². The molecule has 4 aliphatic carbocycles. The summed E-state index contributed by atoms with van der Waals surface area (Å²) in [6.45, 7) is 3.92. The average Bonchev–Trinajstić information content (AvgIpc) is 2.56. The molecule has 0 radical (unpaired) electrons. The van der Waals surface area contributed by atoms with Gasteiger partial charge in [0.2, 0.25) is 0 Å². The van der Waals surface area contributed by atoms with E-state index < -0.39 is 0 Å². The molecule has 1 aromatic rings. The maximum Gasteiger partial charge on any atom is 0.319 e. The van der Waals surface area contributed by atoms with Crippen molar-refractivity contribution in [3.05, 3.63) is 29.6 Å².